The van der Waals surface area contributed by atoms with Gasteiger partial charge >= 0.3 is 12.5 Å². The van der Waals surface area contributed by atoms with Gasteiger partial charge in [0.2, 0.25) is 0 Å². The molecule has 0 heterocycles. The molecule has 0 saturated heterocycles. The van der Waals surface area contributed by atoms with Crippen LogP contribution in [0.25, 0.3) is 0 Å². The van der Waals surface area contributed by atoms with Gasteiger partial charge < -0.3 is 15.2 Å². The van der Waals surface area contributed by atoms with Crippen LogP contribution in [-0.2, 0) is 4.74 Å². The highest BCUT2D eigenvalue weighted by molar-refractivity contribution is 5.65. The SMILES string of the molecule is NC(=O)O[CH]c1ccc(OC(F)(F)F)cc1. The fourth-order valence-electron chi connectivity index (χ4n) is 0.874. The zero-order valence-corrected chi connectivity index (χ0v) is 7.82. The number of ether oxygens (including phenoxy) is 2. The Morgan fingerprint density at radius 2 is 1.81 bits per heavy atom. The first kappa shape index (κ1) is 12.2. The molecule has 1 amide bonds. The lowest BCUT2D eigenvalue weighted by atomic mass is 10.2. The zero-order valence-electron chi connectivity index (χ0n) is 7.82. The van der Waals surface area contributed by atoms with Crippen molar-refractivity contribution in [2.24, 2.45) is 5.73 Å². The van der Waals surface area contributed by atoms with Gasteiger partial charge in [-0.2, -0.15) is 0 Å². The van der Waals surface area contributed by atoms with E-state index in [4.69, 9.17) is 0 Å². The molecule has 0 unspecified atom stereocenters. The third-order valence-electron chi connectivity index (χ3n) is 1.42. The van der Waals surface area contributed by atoms with Gasteiger partial charge in [0.15, 0.2) is 6.61 Å². The number of carbonyl (C=O) groups excluding carboxylic acids is 1. The van der Waals surface area contributed by atoms with Crippen molar-refractivity contribution >= 4 is 6.09 Å². The van der Waals surface area contributed by atoms with Crippen LogP contribution in [0.15, 0.2) is 24.3 Å². The van der Waals surface area contributed by atoms with Crippen LogP contribution in [0.5, 0.6) is 5.75 Å². The number of hydrogen-bond donors (Lipinski definition) is 1. The van der Waals surface area contributed by atoms with Crippen LogP contribution in [0.1, 0.15) is 5.56 Å². The average Bonchev–Trinajstić information content (AvgIpc) is 2.14. The van der Waals surface area contributed by atoms with Crippen LogP contribution < -0.4 is 10.5 Å². The van der Waals surface area contributed by atoms with Crippen molar-refractivity contribution in [2.45, 2.75) is 6.36 Å². The molecule has 0 aliphatic heterocycles. The Morgan fingerprint density at radius 3 is 2.25 bits per heavy atom. The van der Waals surface area contributed by atoms with Gasteiger partial charge in [0.25, 0.3) is 0 Å². The van der Waals surface area contributed by atoms with Gasteiger partial charge in [-0.1, -0.05) is 12.1 Å². The minimum atomic E-state index is -4.73. The number of alkyl halides is 3. The van der Waals surface area contributed by atoms with Crippen molar-refractivity contribution in [3.63, 3.8) is 0 Å². The van der Waals surface area contributed by atoms with E-state index in [1.54, 1.807) is 0 Å². The maximum atomic E-state index is 11.8. The lowest BCUT2D eigenvalue weighted by molar-refractivity contribution is -0.274. The standard InChI is InChI=1S/C9H7F3NO3/c10-9(11,12)16-7-3-1-6(2-4-7)5-15-8(13)14/h1-5H,(H2,13,14). The summed E-state index contributed by atoms with van der Waals surface area (Å²) in [6.45, 7) is 1.01. The minimum absolute atomic E-state index is 0.358. The molecule has 7 heteroatoms. The summed E-state index contributed by atoms with van der Waals surface area (Å²) < 4.78 is 43.3. The predicted octanol–water partition coefficient (Wildman–Crippen LogP) is 2.19. The highest BCUT2D eigenvalue weighted by Crippen LogP contribution is 2.22. The second kappa shape index (κ2) is 4.73. The normalized spacial score (nSPS) is 10.9. The molecule has 1 radical (unpaired) electrons. The highest BCUT2D eigenvalue weighted by Gasteiger charge is 2.30. The van der Waals surface area contributed by atoms with E-state index < -0.39 is 12.5 Å². The number of benzene rings is 1. The Labute approximate surface area is 88.8 Å². The van der Waals surface area contributed by atoms with Gasteiger partial charge in [-0.3, -0.25) is 0 Å². The quantitative estimate of drug-likeness (QED) is 0.871. The first-order valence-corrected chi connectivity index (χ1v) is 4.02. The molecular weight excluding hydrogens is 227 g/mol. The van der Waals surface area contributed by atoms with Crippen molar-refractivity contribution in [3.8, 4) is 5.75 Å². The summed E-state index contributed by atoms with van der Waals surface area (Å²) in [4.78, 5) is 10.2. The largest absolute Gasteiger partial charge is 0.573 e. The van der Waals surface area contributed by atoms with E-state index in [0.717, 1.165) is 18.7 Å². The van der Waals surface area contributed by atoms with Crippen LogP contribution in [0, 0.1) is 6.61 Å². The molecule has 0 aliphatic carbocycles. The van der Waals surface area contributed by atoms with Crippen molar-refractivity contribution in [2.75, 3.05) is 0 Å². The van der Waals surface area contributed by atoms with E-state index >= 15 is 0 Å². The van der Waals surface area contributed by atoms with E-state index in [1.807, 2.05) is 0 Å². The molecule has 1 aromatic carbocycles. The summed E-state index contributed by atoms with van der Waals surface area (Å²) in [6.07, 6.45) is -5.73. The predicted molar refractivity (Wildman–Crippen MR) is 47.2 cm³/mol. The summed E-state index contributed by atoms with van der Waals surface area (Å²) in [5, 5.41) is 0. The summed E-state index contributed by atoms with van der Waals surface area (Å²) in [5.41, 5.74) is 5.07. The fraction of sp³-hybridized carbons (Fsp3) is 0.111. The molecule has 0 fully saturated rings. The second-order valence-corrected chi connectivity index (χ2v) is 2.67. The van der Waals surface area contributed by atoms with Crippen molar-refractivity contribution in [1.82, 2.24) is 0 Å². The summed E-state index contributed by atoms with van der Waals surface area (Å²) in [5.74, 6) is -0.358. The molecular formula is C9H7F3NO3. The molecule has 0 atom stereocenters. The van der Waals surface area contributed by atoms with Gasteiger partial charge in [0.05, 0.1) is 0 Å². The number of rotatable bonds is 3. The van der Waals surface area contributed by atoms with Crippen molar-refractivity contribution in [1.29, 1.82) is 0 Å². The molecule has 87 valence electrons. The average molecular weight is 234 g/mol. The monoisotopic (exact) mass is 234 g/mol. The summed E-state index contributed by atoms with van der Waals surface area (Å²) >= 11 is 0. The molecule has 0 spiro atoms. The number of nitrogens with two attached hydrogens (primary N) is 1. The lowest BCUT2D eigenvalue weighted by Crippen LogP contribution is -2.17. The molecule has 16 heavy (non-hydrogen) atoms. The Morgan fingerprint density at radius 1 is 1.25 bits per heavy atom. The summed E-state index contributed by atoms with van der Waals surface area (Å²) in [7, 11) is 0. The van der Waals surface area contributed by atoms with E-state index in [9.17, 15) is 18.0 Å². The first-order valence-electron chi connectivity index (χ1n) is 4.02. The molecule has 2 N–H and O–H groups in total. The van der Waals surface area contributed by atoms with Crippen LogP contribution in [-0.4, -0.2) is 12.5 Å². The minimum Gasteiger partial charge on any atom is -0.437 e. The number of primary amides is 1. The maximum Gasteiger partial charge on any atom is 0.573 e. The van der Waals surface area contributed by atoms with Crippen LogP contribution in [0.3, 0.4) is 0 Å². The number of carbonyl (C=O) groups is 1. The van der Waals surface area contributed by atoms with Gasteiger partial charge in [-0.25, -0.2) is 4.79 Å². The zero-order chi connectivity index (χ0) is 12.2. The molecule has 0 aromatic heterocycles. The van der Waals surface area contributed by atoms with E-state index in [1.165, 1.54) is 12.1 Å². The molecule has 0 saturated carbocycles. The Kier molecular flexibility index (Phi) is 3.60. The lowest BCUT2D eigenvalue weighted by Gasteiger charge is -2.08. The van der Waals surface area contributed by atoms with Crippen LogP contribution in [0.4, 0.5) is 18.0 Å². The van der Waals surface area contributed by atoms with E-state index in [0.29, 0.717) is 5.56 Å². The Hall–Kier alpha value is -1.92. The highest BCUT2D eigenvalue weighted by atomic mass is 19.4. The topological polar surface area (TPSA) is 61.6 Å². The summed E-state index contributed by atoms with van der Waals surface area (Å²) in [6, 6.07) is 4.74. The van der Waals surface area contributed by atoms with Gasteiger partial charge in [0.1, 0.15) is 5.75 Å². The van der Waals surface area contributed by atoms with Gasteiger partial charge in [-0.15, -0.1) is 13.2 Å². The molecule has 0 aliphatic rings. The van der Waals surface area contributed by atoms with Gasteiger partial charge in [-0.05, 0) is 17.7 Å². The van der Waals surface area contributed by atoms with E-state index in [2.05, 4.69) is 15.2 Å². The third-order valence-corrected chi connectivity index (χ3v) is 1.42. The fourth-order valence-corrected chi connectivity index (χ4v) is 0.874. The van der Waals surface area contributed by atoms with Crippen molar-refractivity contribution in [3.05, 3.63) is 36.4 Å². The molecule has 1 rings (SSSR count). The smallest absolute Gasteiger partial charge is 0.437 e. The van der Waals surface area contributed by atoms with E-state index in [-0.39, 0.29) is 5.75 Å². The second-order valence-electron chi connectivity index (χ2n) is 2.67. The maximum absolute atomic E-state index is 11.8. The van der Waals surface area contributed by atoms with Crippen LogP contribution in [0.2, 0.25) is 0 Å². The third kappa shape index (κ3) is 4.54. The first-order chi connectivity index (χ1) is 7.37. The number of amides is 1. The van der Waals surface area contributed by atoms with Crippen molar-refractivity contribution < 1.29 is 27.4 Å². The Bertz CT molecular complexity index is 361. The number of halogens is 3. The van der Waals surface area contributed by atoms with Crippen LogP contribution >= 0.6 is 0 Å². The Balaban J connectivity index is 2.57. The molecule has 4 nitrogen and oxygen atoms in total. The molecule has 0 bridgehead atoms. The van der Waals surface area contributed by atoms with Gasteiger partial charge in [0, 0.05) is 0 Å². The number of hydrogen-bond acceptors (Lipinski definition) is 3. The molecule has 1 aromatic rings.